The molecule has 63 heavy (non-hydrogen) atoms. The van der Waals surface area contributed by atoms with Gasteiger partial charge in [0, 0.05) is 38.6 Å². The predicted molar refractivity (Wildman–Crippen MR) is 247 cm³/mol. The molecule has 2 heterocycles. The van der Waals surface area contributed by atoms with Crippen LogP contribution in [0.2, 0.25) is 0 Å². The lowest BCUT2D eigenvalue weighted by atomic mass is 9.81. The molecule has 0 aliphatic heterocycles. The number of ether oxygens (including phenoxy) is 2. The number of hydrogen-bond donors (Lipinski definition) is 4. The Kier molecular flexibility index (Phi) is 16.3. The fraction of sp³-hybridized carbons (Fsp3) is 0.333. The minimum absolute atomic E-state index is 0.0957. The second-order valence-corrected chi connectivity index (χ2v) is 16.5. The normalized spacial score (nSPS) is 14.3. The molecule has 15 heteroatoms. The molecular formula is C48H49Cl3F2N4O6. The number of H-pyrrole nitrogens is 2. The van der Waals surface area contributed by atoms with Gasteiger partial charge in [0.05, 0.1) is 48.3 Å². The highest BCUT2D eigenvalue weighted by atomic mass is 35.5. The van der Waals surface area contributed by atoms with Gasteiger partial charge in [-0.05, 0) is 121 Å². The average Bonchev–Trinajstić information content (AvgIpc) is 3.89. The van der Waals surface area contributed by atoms with Crippen molar-refractivity contribution in [2.75, 3.05) is 37.0 Å². The molecule has 2 saturated carbocycles. The van der Waals surface area contributed by atoms with Gasteiger partial charge in [-0.25, -0.2) is 18.4 Å². The van der Waals surface area contributed by atoms with Crippen molar-refractivity contribution >= 4 is 91.1 Å². The standard InChI is InChI=1S/C24H24ClFN2O3.C22H23FN2O2.C2H2Cl2O/c1-31-24(30)15-7-9-17-20(11-15)28-23(22(17)14-5-3-2-4-6-14)18-12-16(26)8-10-19(18)27-21(29)13-25;1-27-22(26)14-7-9-16-19(11-14)25-21(17-12-15(23)8-10-18(17)24)20(16)13-5-3-2-4-6-13;3-1-2(4)5/h7-12,14,28H,2-6,13H2,1H3,(H,27,29);7-13,25H,2-6,24H2,1H3;1H2. The minimum Gasteiger partial charge on any atom is -0.465 e. The maximum atomic E-state index is 14.3. The topological polar surface area (TPSA) is 156 Å². The summed E-state index contributed by atoms with van der Waals surface area (Å²) in [5, 5.41) is 4.32. The molecule has 2 aromatic heterocycles. The van der Waals surface area contributed by atoms with E-state index in [1.165, 1.54) is 69.7 Å². The number of anilines is 2. The Bertz CT molecular complexity index is 2620. The molecule has 6 aromatic rings. The summed E-state index contributed by atoms with van der Waals surface area (Å²) in [4.78, 5) is 52.2. The summed E-state index contributed by atoms with van der Waals surface area (Å²) in [6, 6.07) is 19.7. The molecule has 2 aliphatic carbocycles. The molecule has 2 fully saturated rings. The summed E-state index contributed by atoms with van der Waals surface area (Å²) in [6.45, 7) is 0. The van der Waals surface area contributed by atoms with Crippen LogP contribution < -0.4 is 11.1 Å². The number of benzene rings is 4. The van der Waals surface area contributed by atoms with Crippen LogP contribution in [0.5, 0.6) is 0 Å². The Morgan fingerprint density at radius 3 is 1.54 bits per heavy atom. The fourth-order valence-electron chi connectivity index (χ4n) is 8.74. The van der Waals surface area contributed by atoms with Gasteiger partial charge in [-0.2, -0.15) is 0 Å². The summed E-state index contributed by atoms with van der Waals surface area (Å²) in [6.07, 6.45) is 11.4. The number of aromatic nitrogens is 2. The van der Waals surface area contributed by atoms with Gasteiger partial charge in [0.25, 0.3) is 0 Å². The van der Waals surface area contributed by atoms with E-state index in [0.717, 1.165) is 77.3 Å². The lowest BCUT2D eigenvalue weighted by Crippen LogP contribution is -2.14. The van der Waals surface area contributed by atoms with Crippen LogP contribution in [-0.4, -0.2) is 59.0 Å². The van der Waals surface area contributed by atoms with E-state index in [-0.39, 0.29) is 29.5 Å². The van der Waals surface area contributed by atoms with Crippen LogP contribution >= 0.6 is 34.8 Å². The molecule has 2 aliphatic rings. The van der Waals surface area contributed by atoms with E-state index >= 15 is 0 Å². The van der Waals surface area contributed by atoms with E-state index in [4.69, 9.17) is 50.0 Å². The maximum absolute atomic E-state index is 14.3. The van der Waals surface area contributed by atoms with Crippen LogP contribution in [0.25, 0.3) is 44.3 Å². The van der Waals surface area contributed by atoms with Crippen LogP contribution in [0.15, 0.2) is 72.8 Å². The highest BCUT2D eigenvalue weighted by Crippen LogP contribution is 2.46. The van der Waals surface area contributed by atoms with Crippen molar-refractivity contribution in [1.82, 2.24) is 9.97 Å². The third-order valence-electron chi connectivity index (χ3n) is 11.6. The Balaban J connectivity index is 0.000000191. The number of carbonyl (C=O) groups excluding carboxylic acids is 4. The highest BCUT2D eigenvalue weighted by Gasteiger charge is 2.27. The first kappa shape index (κ1) is 47.1. The quantitative estimate of drug-likeness (QED) is 0.0487. The first-order chi connectivity index (χ1) is 30.4. The smallest absolute Gasteiger partial charge is 0.337 e. The predicted octanol–water partition coefficient (Wildman–Crippen LogP) is 12.4. The van der Waals surface area contributed by atoms with Crippen molar-refractivity contribution in [2.24, 2.45) is 0 Å². The second-order valence-electron chi connectivity index (χ2n) is 15.6. The molecule has 0 atom stereocenters. The Hall–Kier alpha value is -5.43. The number of fused-ring (bicyclic) bond motifs is 2. The maximum Gasteiger partial charge on any atom is 0.337 e. The van der Waals surface area contributed by atoms with Gasteiger partial charge < -0.3 is 30.5 Å². The Labute approximate surface area is 379 Å². The van der Waals surface area contributed by atoms with Crippen molar-refractivity contribution in [1.29, 1.82) is 0 Å². The fourth-order valence-corrected chi connectivity index (χ4v) is 8.81. The molecule has 0 unspecified atom stereocenters. The molecule has 5 N–H and O–H groups in total. The number of nitrogen functional groups attached to an aromatic ring is 1. The van der Waals surface area contributed by atoms with Crippen molar-refractivity contribution in [3.05, 3.63) is 107 Å². The third kappa shape index (κ3) is 11.2. The van der Waals surface area contributed by atoms with Crippen molar-refractivity contribution < 1.29 is 37.4 Å². The SMILES string of the molecule is COC(=O)c1ccc2c(C3CCCCC3)c(-c3cc(F)ccc3N)[nH]c2c1.COC(=O)c1ccc2c(C3CCCCC3)c(-c3cc(F)ccc3NC(=O)CCl)[nH]c2c1.O=C(Cl)CCl. The van der Waals surface area contributed by atoms with Crippen LogP contribution in [0.3, 0.4) is 0 Å². The number of amides is 1. The van der Waals surface area contributed by atoms with Crippen LogP contribution in [0.1, 0.15) is 108 Å². The van der Waals surface area contributed by atoms with Crippen molar-refractivity contribution in [2.45, 2.75) is 76.0 Å². The highest BCUT2D eigenvalue weighted by molar-refractivity contribution is 6.67. The zero-order chi connectivity index (χ0) is 45.2. The molecule has 4 aromatic carbocycles. The van der Waals surface area contributed by atoms with Crippen LogP contribution in [0, 0.1) is 11.6 Å². The number of esters is 2. The van der Waals surface area contributed by atoms with E-state index < -0.39 is 17.0 Å². The first-order valence-corrected chi connectivity index (χ1v) is 22.2. The Morgan fingerprint density at radius 1 is 0.651 bits per heavy atom. The lowest BCUT2D eigenvalue weighted by Gasteiger charge is -2.23. The van der Waals surface area contributed by atoms with E-state index in [0.29, 0.717) is 45.5 Å². The number of aromatic amines is 2. The van der Waals surface area contributed by atoms with Gasteiger partial charge >= 0.3 is 11.9 Å². The Morgan fingerprint density at radius 2 is 1.10 bits per heavy atom. The molecule has 0 saturated heterocycles. The summed E-state index contributed by atoms with van der Waals surface area (Å²) < 4.78 is 37.9. The molecule has 10 nitrogen and oxygen atoms in total. The van der Waals surface area contributed by atoms with Crippen molar-refractivity contribution in [3.8, 4) is 22.5 Å². The second kappa shape index (κ2) is 21.8. The molecule has 332 valence electrons. The monoisotopic (exact) mass is 920 g/mol. The zero-order valence-corrected chi connectivity index (χ0v) is 37.3. The first-order valence-electron chi connectivity index (χ1n) is 20.8. The number of alkyl halides is 2. The summed E-state index contributed by atoms with van der Waals surface area (Å²) in [5.74, 6) is -1.46. The molecule has 0 bridgehead atoms. The average molecular weight is 922 g/mol. The zero-order valence-electron chi connectivity index (χ0n) is 35.0. The van der Waals surface area contributed by atoms with E-state index in [1.807, 2.05) is 12.1 Å². The summed E-state index contributed by atoms with van der Waals surface area (Å²) in [7, 11) is 2.71. The van der Waals surface area contributed by atoms with E-state index in [2.05, 4.69) is 15.3 Å². The van der Waals surface area contributed by atoms with Crippen molar-refractivity contribution in [3.63, 3.8) is 0 Å². The van der Waals surface area contributed by atoms with E-state index in [9.17, 15) is 28.0 Å². The van der Waals surface area contributed by atoms with Gasteiger partial charge in [0.15, 0.2) is 0 Å². The summed E-state index contributed by atoms with van der Waals surface area (Å²) >= 11 is 15.2. The molecule has 0 radical (unpaired) electrons. The van der Waals surface area contributed by atoms with Gasteiger partial charge in [0.1, 0.15) is 17.5 Å². The number of hydrogen-bond acceptors (Lipinski definition) is 7. The van der Waals surface area contributed by atoms with Crippen LogP contribution in [0.4, 0.5) is 20.2 Å². The number of nitrogens with two attached hydrogens (primary N) is 1. The number of carbonyl (C=O) groups is 4. The molecule has 1 amide bonds. The van der Waals surface area contributed by atoms with E-state index in [1.54, 1.807) is 36.4 Å². The lowest BCUT2D eigenvalue weighted by molar-refractivity contribution is -0.114. The van der Waals surface area contributed by atoms with Gasteiger partial charge in [-0.3, -0.25) is 9.59 Å². The van der Waals surface area contributed by atoms with Gasteiger partial charge in [-0.1, -0.05) is 50.7 Å². The largest absolute Gasteiger partial charge is 0.465 e. The van der Waals surface area contributed by atoms with Gasteiger partial charge in [0.2, 0.25) is 11.1 Å². The molecule has 8 rings (SSSR count). The molecule has 0 spiro atoms. The summed E-state index contributed by atoms with van der Waals surface area (Å²) in [5.41, 5.74) is 14.9. The van der Waals surface area contributed by atoms with Gasteiger partial charge in [-0.15, -0.1) is 23.2 Å². The van der Waals surface area contributed by atoms with Crippen LogP contribution in [-0.2, 0) is 19.1 Å². The number of nitrogens with one attached hydrogen (secondary N) is 3. The third-order valence-corrected chi connectivity index (χ3v) is 12.3. The number of halogens is 5. The number of rotatable bonds is 9. The minimum atomic E-state index is -0.508. The number of methoxy groups -OCH3 is 2. The molecular weight excluding hydrogens is 873 g/mol.